The number of amides is 1. The molecule has 0 aromatic heterocycles. The van der Waals surface area contributed by atoms with E-state index in [9.17, 15) is 14.0 Å². The van der Waals surface area contributed by atoms with E-state index in [-0.39, 0.29) is 21.2 Å². The smallest absolute Gasteiger partial charge is 0.326 e. The molecule has 1 aromatic carbocycles. The Labute approximate surface area is 130 Å². The van der Waals surface area contributed by atoms with E-state index in [1.54, 1.807) is 19.1 Å². The van der Waals surface area contributed by atoms with E-state index in [0.29, 0.717) is 0 Å². The Morgan fingerprint density at radius 2 is 2.19 bits per heavy atom. The fourth-order valence-electron chi connectivity index (χ4n) is 1.95. The highest BCUT2D eigenvalue weighted by molar-refractivity contribution is 8.26. The molecule has 1 heterocycles. The van der Waals surface area contributed by atoms with Crippen LogP contribution < -0.4 is 0 Å². The number of thiocarbonyl (C=S) groups is 1. The topological polar surface area (TPSA) is 57.6 Å². The van der Waals surface area contributed by atoms with Gasteiger partial charge in [0.15, 0.2) is 0 Å². The summed E-state index contributed by atoms with van der Waals surface area (Å²) >= 11 is 6.06. The first-order valence-corrected chi connectivity index (χ1v) is 7.42. The second-order valence-corrected chi connectivity index (χ2v) is 6.01. The Morgan fingerprint density at radius 3 is 2.76 bits per heavy atom. The van der Waals surface area contributed by atoms with Crippen LogP contribution in [0.1, 0.15) is 18.9 Å². The first-order chi connectivity index (χ1) is 9.95. The molecule has 21 heavy (non-hydrogen) atoms. The van der Waals surface area contributed by atoms with Gasteiger partial charge in [-0.2, -0.15) is 0 Å². The van der Waals surface area contributed by atoms with Gasteiger partial charge in [0.2, 0.25) is 0 Å². The van der Waals surface area contributed by atoms with Crippen LogP contribution in [0.4, 0.5) is 4.39 Å². The number of nitrogens with zero attached hydrogens (tertiary/aromatic N) is 1. The minimum Gasteiger partial charge on any atom is -0.480 e. The zero-order valence-electron chi connectivity index (χ0n) is 11.1. The maximum Gasteiger partial charge on any atom is 0.326 e. The molecule has 0 aliphatic carbocycles. The number of thioether (sulfide) groups is 1. The first kappa shape index (κ1) is 15.7. The Hall–Kier alpha value is -1.73. The fraction of sp³-hybridized carbons (Fsp3) is 0.214. The summed E-state index contributed by atoms with van der Waals surface area (Å²) in [5.74, 6) is -2.06. The van der Waals surface area contributed by atoms with Crippen molar-refractivity contribution in [2.45, 2.75) is 19.4 Å². The van der Waals surface area contributed by atoms with Gasteiger partial charge in [0.25, 0.3) is 5.91 Å². The largest absolute Gasteiger partial charge is 0.480 e. The minimum absolute atomic E-state index is 0.178. The fourth-order valence-corrected chi connectivity index (χ4v) is 3.30. The minimum atomic E-state index is -1.11. The summed E-state index contributed by atoms with van der Waals surface area (Å²) in [5.41, 5.74) is 0.265. The van der Waals surface area contributed by atoms with Crippen molar-refractivity contribution in [2.24, 2.45) is 0 Å². The molecule has 7 heteroatoms. The maximum atomic E-state index is 13.6. The van der Waals surface area contributed by atoms with E-state index >= 15 is 0 Å². The lowest BCUT2D eigenvalue weighted by Gasteiger charge is -2.21. The summed E-state index contributed by atoms with van der Waals surface area (Å²) in [4.78, 5) is 24.8. The highest BCUT2D eigenvalue weighted by Crippen LogP contribution is 2.34. The van der Waals surface area contributed by atoms with Crippen molar-refractivity contribution in [3.05, 3.63) is 40.6 Å². The Balaban J connectivity index is 2.34. The van der Waals surface area contributed by atoms with Crippen LogP contribution in [0, 0.1) is 5.82 Å². The number of benzene rings is 1. The van der Waals surface area contributed by atoms with Crippen molar-refractivity contribution in [1.29, 1.82) is 0 Å². The third-order valence-corrected chi connectivity index (χ3v) is 4.33. The number of hydrogen-bond donors (Lipinski definition) is 1. The van der Waals surface area contributed by atoms with E-state index < -0.39 is 23.7 Å². The normalized spacial score (nSPS) is 18.4. The summed E-state index contributed by atoms with van der Waals surface area (Å²) in [5, 5.41) is 9.15. The van der Waals surface area contributed by atoms with E-state index in [1.807, 2.05) is 0 Å². The maximum absolute atomic E-state index is 13.6. The molecule has 1 aliphatic rings. The summed E-state index contributed by atoms with van der Waals surface area (Å²) in [6.45, 7) is 1.66. The van der Waals surface area contributed by atoms with Crippen LogP contribution in [0.25, 0.3) is 6.08 Å². The SMILES string of the molecule is CC[C@H](C(=O)O)N1C(=O)/C(=C/c2ccccc2F)SC1=S. The van der Waals surface area contributed by atoms with Crippen molar-refractivity contribution >= 4 is 46.3 Å². The molecule has 1 fully saturated rings. The quantitative estimate of drug-likeness (QED) is 0.681. The number of carbonyl (C=O) groups excluding carboxylic acids is 1. The molecule has 1 atom stereocenters. The van der Waals surface area contributed by atoms with Crippen molar-refractivity contribution in [3.8, 4) is 0 Å². The number of halogens is 1. The number of carboxylic acids is 1. The summed E-state index contributed by atoms with van der Waals surface area (Å²) < 4.78 is 13.8. The van der Waals surface area contributed by atoms with Gasteiger partial charge in [0.05, 0.1) is 4.91 Å². The molecule has 1 aromatic rings. The molecule has 1 saturated heterocycles. The van der Waals surface area contributed by atoms with Crippen molar-refractivity contribution in [3.63, 3.8) is 0 Å². The third kappa shape index (κ3) is 3.14. The van der Waals surface area contributed by atoms with Crippen molar-refractivity contribution in [2.75, 3.05) is 0 Å². The zero-order valence-corrected chi connectivity index (χ0v) is 12.7. The second-order valence-electron chi connectivity index (χ2n) is 4.34. The molecule has 0 unspecified atom stereocenters. The lowest BCUT2D eigenvalue weighted by molar-refractivity contribution is -0.145. The van der Waals surface area contributed by atoms with E-state index in [2.05, 4.69) is 0 Å². The van der Waals surface area contributed by atoms with Gasteiger partial charge in [-0.15, -0.1) is 0 Å². The molecule has 0 saturated carbocycles. The molecule has 2 rings (SSSR count). The summed E-state index contributed by atoms with van der Waals surface area (Å²) in [6, 6.07) is 5.04. The molecule has 4 nitrogen and oxygen atoms in total. The highest BCUT2D eigenvalue weighted by Gasteiger charge is 2.39. The monoisotopic (exact) mass is 325 g/mol. The van der Waals surface area contributed by atoms with Gasteiger partial charge in [0.1, 0.15) is 16.2 Å². The molecule has 110 valence electrons. The Kier molecular flexibility index (Phi) is 4.74. The first-order valence-electron chi connectivity index (χ1n) is 6.20. The van der Waals surface area contributed by atoms with Crippen LogP contribution in [-0.4, -0.2) is 32.2 Å². The van der Waals surface area contributed by atoms with Gasteiger partial charge in [-0.3, -0.25) is 9.69 Å². The molecule has 1 N–H and O–H groups in total. The summed E-state index contributed by atoms with van der Waals surface area (Å²) in [7, 11) is 0. The van der Waals surface area contributed by atoms with Crippen molar-refractivity contribution < 1.29 is 19.1 Å². The lowest BCUT2D eigenvalue weighted by Crippen LogP contribution is -2.43. The standard InChI is InChI=1S/C14H12FNO3S2/c1-2-10(13(18)19)16-12(17)11(21-14(16)20)7-8-5-3-4-6-9(8)15/h3-7,10H,2H2,1H3,(H,18,19)/b11-7-/t10-/m1/s1. The van der Waals surface area contributed by atoms with Crippen LogP contribution >= 0.6 is 24.0 Å². The molecule has 0 radical (unpaired) electrons. The van der Waals surface area contributed by atoms with Crippen LogP contribution in [0.15, 0.2) is 29.2 Å². The molecular weight excluding hydrogens is 313 g/mol. The average Bonchev–Trinajstić information content (AvgIpc) is 2.70. The predicted octanol–water partition coefficient (Wildman–Crippen LogP) is 2.89. The van der Waals surface area contributed by atoms with Crippen LogP contribution in [0.2, 0.25) is 0 Å². The Morgan fingerprint density at radius 1 is 1.52 bits per heavy atom. The number of aliphatic carboxylic acids is 1. The van der Waals surface area contributed by atoms with Crippen LogP contribution in [0.5, 0.6) is 0 Å². The third-order valence-electron chi connectivity index (χ3n) is 3.00. The van der Waals surface area contributed by atoms with E-state index in [0.717, 1.165) is 16.7 Å². The predicted molar refractivity (Wildman–Crippen MR) is 83.1 cm³/mol. The van der Waals surface area contributed by atoms with Gasteiger partial charge >= 0.3 is 5.97 Å². The zero-order chi connectivity index (χ0) is 15.6. The van der Waals surface area contributed by atoms with Crippen LogP contribution in [-0.2, 0) is 9.59 Å². The van der Waals surface area contributed by atoms with Crippen LogP contribution in [0.3, 0.4) is 0 Å². The van der Waals surface area contributed by atoms with Gasteiger partial charge < -0.3 is 5.11 Å². The number of hydrogen-bond acceptors (Lipinski definition) is 4. The highest BCUT2D eigenvalue weighted by atomic mass is 32.2. The van der Waals surface area contributed by atoms with E-state index in [1.165, 1.54) is 18.2 Å². The molecule has 0 bridgehead atoms. The second kappa shape index (κ2) is 6.36. The van der Waals surface area contributed by atoms with E-state index in [4.69, 9.17) is 17.3 Å². The van der Waals surface area contributed by atoms with Crippen molar-refractivity contribution in [1.82, 2.24) is 4.90 Å². The molecule has 1 aliphatic heterocycles. The lowest BCUT2D eigenvalue weighted by atomic mass is 10.1. The van der Waals surface area contributed by atoms with Gasteiger partial charge in [-0.05, 0) is 18.6 Å². The van der Waals surface area contributed by atoms with Gasteiger partial charge in [0, 0.05) is 5.56 Å². The van der Waals surface area contributed by atoms with Gasteiger partial charge in [-0.1, -0.05) is 49.1 Å². The number of carbonyl (C=O) groups is 2. The average molecular weight is 325 g/mol. The van der Waals surface area contributed by atoms with Gasteiger partial charge in [-0.25, -0.2) is 9.18 Å². The number of carboxylic acid groups (broad SMARTS) is 1. The Bertz CT molecular complexity index is 645. The summed E-state index contributed by atoms with van der Waals surface area (Å²) in [6.07, 6.45) is 1.64. The number of rotatable bonds is 4. The molecule has 0 spiro atoms. The molecule has 1 amide bonds. The molecular formula is C14H12FNO3S2.